The second-order valence-corrected chi connectivity index (χ2v) is 5.89. The van der Waals surface area contributed by atoms with Crippen molar-refractivity contribution in [2.24, 2.45) is 7.05 Å². The summed E-state index contributed by atoms with van der Waals surface area (Å²) in [6, 6.07) is 6.34. The fraction of sp³-hybridized carbons (Fsp3) is 0.412. The molecule has 3 rings (SSSR count). The molecule has 1 aromatic carbocycles. The van der Waals surface area contributed by atoms with Gasteiger partial charge in [0.05, 0.1) is 5.92 Å². The number of aromatic nitrogens is 2. The van der Waals surface area contributed by atoms with Crippen molar-refractivity contribution in [3.05, 3.63) is 53.9 Å². The first-order valence-corrected chi connectivity index (χ1v) is 7.82. The van der Waals surface area contributed by atoms with E-state index in [1.54, 1.807) is 31.3 Å². The van der Waals surface area contributed by atoms with E-state index in [9.17, 15) is 9.18 Å². The average molecular weight is 353 g/mol. The number of halogens is 2. The molecule has 24 heavy (non-hydrogen) atoms. The van der Waals surface area contributed by atoms with Crippen molar-refractivity contribution in [1.29, 1.82) is 0 Å². The fourth-order valence-electron chi connectivity index (χ4n) is 3.11. The Bertz CT molecular complexity index is 705. The normalized spacial score (nSPS) is 18.8. The summed E-state index contributed by atoms with van der Waals surface area (Å²) in [7, 11) is 1.92. The summed E-state index contributed by atoms with van der Waals surface area (Å²) in [6.07, 6.45) is 3.60. The lowest BCUT2D eigenvalue weighted by atomic mass is 9.97. The van der Waals surface area contributed by atoms with Crippen molar-refractivity contribution in [2.75, 3.05) is 19.6 Å². The van der Waals surface area contributed by atoms with Crippen LogP contribution in [-0.2, 0) is 11.8 Å². The van der Waals surface area contributed by atoms with E-state index < -0.39 is 5.92 Å². The molecule has 1 aliphatic rings. The molecule has 0 bridgehead atoms. The standard InChI is InChI=1S/C17H21FN4O.ClH/c1-12(13-5-3-4-6-14(13)18)17(23)22-10-7-19-11-15(22)16-20-8-9-21(16)2;/h3-6,8-9,12,15,19H,7,10-11H2,1-2H3;1H. The molecule has 1 saturated heterocycles. The van der Waals surface area contributed by atoms with Crippen LogP contribution in [0, 0.1) is 5.82 Å². The van der Waals surface area contributed by atoms with Crippen LogP contribution in [-0.4, -0.2) is 40.0 Å². The number of aryl methyl sites for hydroxylation is 1. The summed E-state index contributed by atoms with van der Waals surface area (Å²) in [5, 5.41) is 3.30. The predicted molar refractivity (Wildman–Crippen MR) is 92.6 cm³/mol. The van der Waals surface area contributed by atoms with Crippen molar-refractivity contribution in [1.82, 2.24) is 19.8 Å². The van der Waals surface area contributed by atoms with Gasteiger partial charge in [-0.05, 0) is 18.6 Å². The van der Waals surface area contributed by atoms with Gasteiger partial charge >= 0.3 is 0 Å². The van der Waals surface area contributed by atoms with E-state index in [-0.39, 0.29) is 30.2 Å². The highest BCUT2D eigenvalue weighted by atomic mass is 35.5. The lowest BCUT2D eigenvalue weighted by molar-refractivity contribution is -0.136. The minimum absolute atomic E-state index is 0. The van der Waals surface area contributed by atoms with Crippen LogP contribution in [0.4, 0.5) is 4.39 Å². The second kappa shape index (κ2) is 7.77. The van der Waals surface area contributed by atoms with Gasteiger partial charge in [0.2, 0.25) is 5.91 Å². The number of nitrogens with zero attached hydrogens (tertiary/aromatic N) is 3. The lowest BCUT2D eigenvalue weighted by Crippen LogP contribution is -2.50. The third kappa shape index (κ3) is 3.44. The molecule has 1 amide bonds. The summed E-state index contributed by atoms with van der Waals surface area (Å²) in [6.45, 7) is 3.74. The molecule has 5 nitrogen and oxygen atoms in total. The Kier molecular flexibility index (Phi) is 5.96. The lowest BCUT2D eigenvalue weighted by Gasteiger charge is -2.37. The molecule has 1 aliphatic heterocycles. The summed E-state index contributed by atoms with van der Waals surface area (Å²) in [5.41, 5.74) is 0.439. The van der Waals surface area contributed by atoms with Crippen LogP contribution < -0.4 is 5.32 Å². The van der Waals surface area contributed by atoms with Crippen LogP contribution in [0.2, 0.25) is 0 Å². The van der Waals surface area contributed by atoms with Gasteiger partial charge in [-0.2, -0.15) is 0 Å². The monoisotopic (exact) mass is 352 g/mol. The first-order chi connectivity index (χ1) is 11.1. The van der Waals surface area contributed by atoms with Gasteiger partial charge in [-0.15, -0.1) is 12.4 Å². The predicted octanol–water partition coefficient (Wildman–Crippen LogP) is 2.26. The van der Waals surface area contributed by atoms with Crippen LogP contribution in [0.1, 0.15) is 30.3 Å². The van der Waals surface area contributed by atoms with Gasteiger partial charge in [-0.1, -0.05) is 18.2 Å². The number of hydrogen-bond donors (Lipinski definition) is 1. The van der Waals surface area contributed by atoms with Gasteiger partial charge in [0.1, 0.15) is 17.7 Å². The van der Waals surface area contributed by atoms with E-state index in [2.05, 4.69) is 10.3 Å². The fourth-order valence-corrected chi connectivity index (χ4v) is 3.11. The Morgan fingerprint density at radius 1 is 1.42 bits per heavy atom. The van der Waals surface area contributed by atoms with Gasteiger partial charge in [0.15, 0.2) is 0 Å². The smallest absolute Gasteiger partial charge is 0.230 e. The SMILES string of the molecule is CC(C(=O)N1CCNCC1c1nccn1C)c1ccccc1F.Cl. The molecule has 0 spiro atoms. The largest absolute Gasteiger partial charge is 0.336 e. The van der Waals surface area contributed by atoms with E-state index >= 15 is 0 Å². The number of piperazine rings is 1. The minimum atomic E-state index is -0.517. The quantitative estimate of drug-likeness (QED) is 0.921. The first-order valence-electron chi connectivity index (χ1n) is 7.82. The highest BCUT2D eigenvalue weighted by Crippen LogP contribution is 2.27. The average Bonchev–Trinajstić information content (AvgIpc) is 3.00. The Labute approximate surface area is 147 Å². The van der Waals surface area contributed by atoms with Crippen molar-refractivity contribution < 1.29 is 9.18 Å². The van der Waals surface area contributed by atoms with Gasteiger partial charge in [0.25, 0.3) is 0 Å². The van der Waals surface area contributed by atoms with Crippen LogP contribution in [0.25, 0.3) is 0 Å². The zero-order chi connectivity index (χ0) is 16.4. The van der Waals surface area contributed by atoms with Crippen LogP contribution >= 0.6 is 12.4 Å². The van der Waals surface area contributed by atoms with Gasteiger partial charge in [-0.3, -0.25) is 4.79 Å². The highest BCUT2D eigenvalue weighted by molar-refractivity contribution is 5.85. The molecule has 1 N–H and O–H groups in total. The zero-order valence-electron chi connectivity index (χ0n) is 13.8. The Balaban J connectivity index is 0.00000208. The molecule has 0 saturated carbocycles. The number of amides is 1. The third-order valence-electron chi connectivity index (χ3n) is 4.43. The molecular formula is C17H22ClFN4O. The van der Waals surface area contributed by atoms with Crippen LogP contribution in [0.15, 0.2) is 36.7 Å². The molecule has 130 valence electrons. The Hall–Kier alpha value is -1.92. The number of benzene rings is 1. The summed E-state index contributed by atoms with van der Waals surface area (Å²) < 4.78 is 15.9. The van der Waals surface area contributed by atoms with E-state index in [0.717, 1.165) is 12.4 Å². The highest BCUT2D eigenvalue weighted by Gasteiger charge is 2.33. The third-order valence-corrected chi connectivity index (χ3v) is 4.43. The maximum absolute atomic E-state index is 14.0. The van der Waals surface area contributed by atoms with Gasteiger partial charge in [-0.25, -0.2) is 9.37 Å². The van der Waals surface area contributed by atoms with Crippen molar-refractivity contribution in [2.45, 2.75) is 18.9 Å². The molecule has 2 atom stereocenters. The number of carbonyl (C=O) groups excluding carboxylic acids is 1. The first kappa shape index (κ1) is 18.4. The number of hydrogen-bond acceptors (Lipinski definition) is 3. The summed E-state index contributed by atoms with van der Waals surface area (Å²) >= 11 is 0. The van der Waals surface area contributed by atoms with Gasteiger partial charge < -0.3 is 14.8 Å². The molecule has 1 aromatic heterocycles. The van der Waals surface area contributed by atoms with Gasteiger partial charge in [0, 0.05) is 39.1 Å². The molecular weight excluding hydrogens is 331 g/mol. The van der Waals surface area contributed by atoms with Crippen molar-refractivity contribution in [3.63, 3.8) is 0 Å². The summed E-state index contributed by atoms with van der Waals surface area (Å²) in [5.74, 6) is -0.0787. The minimum Gasteiger partial charge on any atom is -0.336 e. The zero-order valence-corrected chi connectivity index (χ0v) is 14.6. The van der Waals surface area contributed by atoms with E-state index in [1.165, 1.54) is 6.07 Å². The maximum Gasteiger partial charge on any atom is 0.230 e. The van der Waals surface area contributed by atoms with E-state index in [1.807, 2.05) is 22.7 Å². The van der Waals surface area contributed by atoms with E-state index in [4.69, 9.17) is 0 Å². The van der Waals surface area contributed by atoms with Crippen molar-refractivity contribution in [3.8, 4) is 0 Å². The Morgan fingerprint density at radius 3 is 2.83 bits per heavy atom. The van der Waals surface area contributed by atoms with Crippen LogP contribution in [0.3, 0.4) is 0 Å². The molecule has 1 fully saturated rings. The molecule has 2 unspecified atom stereocenters. The second-order valence-electron chi connectivity index (χ2n) is 5.89. The number of rotatable bonds is 3. The number of carbonyl (C=O) groups is 1. The molecule has 2 heterocycles. The van der Waals surface area contributed by atoms with E-state index in [0.29, 0.717) is 18.7 Å². The van der Waals surface area contributed by atoms with Crippen molar-refractivity contribution >= 4 is 18.3 Å². The topological polar surface area (TPSA) is 50.2 Å². The van der Waals surface area contributed by atoms with Crippen LogP contribution in [0.5, 0.6) is 0 Å². The molecule has 7 heteroatoms. The molecule has 0 radical (unpaired) electrons. The molecule has 2 aromatic rings. The Morgan fingerprint density at radius 2 is 2.17 bits per heavy atom. The number of nitrogens with one attached hydrogen (secondary N) is 1. The number of imidazole rings is 1. The maximum atomic E-state index is 14.0. The summed E-state index contributed by atoms with van der Waals surface area (Å²) in [4.78, 5) is 19.2. The molecule has 0 aliphatic carbocycles.